The number of carbonyl (C=O) groups is 2. The van der Waals surface area contributed by atoms with Gasteiger partial charge < -0.3 is 15.1 Å². The number of nitrogens with one attached hydrogen (secondary N) is 3. The topological polar surface area (TPSA) is 83.4 Å². The molecule has 0 aliphatic rings. The van der Waals surface area contributed by atoms with E-state index in [0.717, 1.165) is 5.56 Å². The highest BCUT2D eigenvalue weighted by molar-refractivity contribution is 7.80. The molecule has 0 saturated carbocycles. The first-order valence-corrected chi connectivity index (χ1v) is 12.3. The summed E-state index contributed by atoms with van der Waals surface area (Å²) in [5.41, 5.74) is 2.39. The molecule has 4 aromatic rings. The first-order chi connectivity index (χ1) is 17.7. The van der Waals surface area contributed by atoms with E-state index in [9.17, 15) is 9.59 Å². The number of halogens is 3. The number of amides is 2. The van der Waals surface area contributed by atoms with Gasteiger partial charge >= 0.3 is 0 Å². The molecule has 3 N–H and O–H groups in total. The van der Waals surface area contributed by atoms with E-state index in [1.165, 1.54) is 12.2 Å². The van der Waals surface area contributed by atoms with Gasteiger partial charge in [-0.2, -0.15) is 0 Å². The Balaban J connectivity index is 1.28. The largest absolute Gasteiger partial charge is 0.457 e. The molecule has 1 aromatic heterocycles. The fourth-order valence-corrected chi connectivity index (χ4v) is 4.17. The van der Waals surface area contributed by atoms with E-state index in [1.54, 1.807) is 78.9 Å². The second kappa shape index (κ2) is 12.1. The lowest BCUT2D eigenvalue weighted by Gasteiger charge is -2.10. The van der Waals surface area contributed by atoms with Crippen molar-refractivity contribution in [1.82, 2.24) is 5.32 Å². The standard InChI is InChI=1S/C27H18Cl3N3O3S/c28-18-3-1-2-16(12-18)26(35)31-21-4-6-22(7-5-21)32-27(37)33-25(34)11-9-23-8-10-24(36-23)17-13-19(29)15-20(30)14-17/h1-15H,(H,31,35)(H2,32,33,34,37)/b11-9+. The van der Waals surface area contributed by atoms with Crippen LogP contribution in [0.2, 0.25) is 15.1 Å². The van der Waals surface area contributed by atoms with Crippen LogP contribution in [0.4, 0.5) is 11.4 Å². The van der Waals surface area contributed by atoms with E-state index in [-0.39, 0.29) is 11.0 Å². The molecule has 186 valence electrons. The van der Waals surface area contributed by atoms with Gasteiger partial charge in [0, 0.05) is 43.6 Å². The normalized spacial score (nSPS) is 10.8. The average molecular weight is 571 g/mol. The zero-order valence-corrected chi connectivity index (χ0v) is 22.0. The van der Waals surface area contributed by atoms with E-state index in [1.807, 2.05) is 0 Å². The Morgan fingerprint density at radius 3 is 2.14 bits per heavy atom. The van der Waals surface area contributed by atoms with Crippen molar-refractivity contribution in [2.75, 3.05) is 10.6 Å². The Morgan fingerprint density at radius 1 is 0.784 bits per heavy atom. The number of anilines is 2. The third-order valence-electron chi connectivity index (χ3n) is 4.90. The first kappa shape index (κ1) is 26.4. The van der Waals surface area contributed by atoms with Gasteiger partial charge in [-0.25, -0.2) is 0 Å². The molecule has 0 aliphatic carbocycles. The van der Waals surface area contributed by atoms with Gasteiger partial charge in [0.15, 0.2) is 5.11 Å². The van der Waals surface area contributed by atoms with E-state index in [2.05, 4.69) is 16.0 Å². The Bertz CT molecular complexity index is 1480. The predicted octanol–water partition coefficient (Wildman–Crippen LogP) is 7.69. The molecule has 6 nitrogen and oxygen atoms in total. The molecule has 0 atom stereocenters. The van der Waals surface area contributed by atoms with Gasteiger partial charge in [-0.15, -0.1) is 0 Å². The lowest BCUT2D eigenvalue weighted by atomic mass is 10.2. The van der Waals surface area contributed by atoms with Crippen LogP contribution in [-0.2, 0) is 4.79 Å². The van der Waals surface area contributed by atoms with Crippen molar-refractivity contribution in [3.05, 3.63) is 111 Å². The van der Waals surface area contributed by atoms with E-state index < -0.39 is 5.91 Å². The summed E-state index contributed by atoms with van der Waals surface area (Å²) in [6.07, 6.45) is 2.82. The van der Waals surface area contributed by atoms with Crippen LogP contribution in [0.25, 0.3) is 17.4 Å². The average Bonchev–Trinajstić information content (AvgIpc) is 3.33. The number of hydrogen-bond donors (Lipinski definition) is 3. The minimum absolute atomic E-state index is 0.110. The molecule has 0 aliphatic heterocycles. The second-order valence-corrected chi connectivity index (χ2v) is 9.40. The van der Waals surface area contributed by atoms with Crippen molar-refractivity contribution in [3.63, 3.8) is 0 Å². The summed E-state index contributed by atoms with van der Waals surface area (Å²) >= 11 is 23.2. The molecule has 0 saturated heterocycles. The lowest BCUT2D eigenvalue weighted by Crippen LogP contribution is -2.32. The summed E-state index contributed by atoms with van der Waals surface area (Å²) < 4.78 is 5.73. The van der Waals surface area contributed by atoms with Gasteiger partial charge in [-0.1, -0.05) is 40.9 Å². The molecule has 0 unspecified atom stereocenters. The molecule has 0 fully saturated rings. The Kier molecular flexibility index (Phi) is 8.63. The molecular formula is C27H18Cl3N3O3S. The highest BCUT2D eigenvalue weighted by atomic mass is 35.5. The quantitative estimate of drug-likeness (QED) is 0.164. The lowest BCUT2D eigenvalue weighted by molar-refractivity contribution is -0.115. The highest BCUT2D eigenvalue weighted by Crippen LogP contribution is 2.29. The fourth-order valence-electron chi connectivity index (χ4n) is 3.24. The van der Waals surface area contributed by atoms with Crippen molar-refractivity contribution >= 4 is 81.4 Å². The van der Waals surface area contributed by atoms with E-state index in [0.29, 0.717) is 43.5 Å². The van der Waals surface area contributed by atoms with Crippen LogP contribution in [0, 0.1) is 0 Å². The highest BCUT2D eigenvalue weighted by Gasteiger charge is 2.08. The van der Waals surface area contributed by atoms with Crippen LogP contribution in [0.1, 0.15) is 16.1 Å². The fraction of sp³-hybridized carbons (Fsp3) is 0. The number of hydrogen-bond acceptors (Lipinski definition) is 4. The van der Waals surface area contributed by atoms with E-state index in [4.69, 9.17) is 51.4 Å². The third-order valence-corrected chi connectivity index (χ3v) is 5.77. The molecule has 0 spiro atoms. The maximum Gasteiger partial charge on any atom is 0.255 e. The maximum absolute atomic E-state index is 12.3. The van der Waals surface area contributed by atoms with Gasteiger partial charge in [-0.05, 0) is 91.1 Å². The minimum atomic E-state index is -0.438. The number of carbonyl (C=O) groups excluding carboxylic acids is 2. The smallest absolute Gasteiger partial charge is 0.255 e. The zero-order chi connectivity index (χ0) is 26.4. The molecule has 37 heavy (non-hydrogen) atoms. The Hall–Kier alpha value is -3.62. The molecule has 4 rings (SSSR count). The second-order valence-electron chi connectivity index (χ2n) is 7.68. The van der Waals surface area contributed by atoms with Crippen molar-refractivity contribution in [3.8, 4) is 11.3 Å². The summed E-state index contributed by atoms with van der Waals surface area (Å²) in [6.45, 7) is 0. The van der Waals surface area contributed by atoms with Gasteiger partial charge in [0.25, 0.3) is 5.91 Å². The monoisotopic (exact) mass is 569 g/mol. The summed E-state index contributed by atoms with van der Waals surface area (Å²) in [6, 6.07) is 22.1. The molecule has 2 amide bonds. The molecule has 0 radical (unpaired) electrons. The summed E-state index contributed by atoms with van der Waals surface area (Å²) in [5, 5.41) is 9.84. The number of thiocarbonyl (C=S) groups is 1. The Morgan fingerprint density at radius 2 is 1.46 bits per heavy atom. The molecule has 0 bridgehead atoms. The molecular weight excluding hydrogens is 553 g/mol. The SMILES string of the molecule is O=C(/C=C/c1ccc(-c2cc(Cl)cc(Cl)c2)o1)NC(=S)Nc1ccc(NC(=O)c2cccc(Cl)c2)cc1. The first-order valence-electron chi connectivity index (χ1n) is 10.8. The van der Waals surface area contributed by atoms with Crippen LogP contribution in [0.15, 0.2) is 89.4 Å². The minimum Gasteiger partial charge on any atom is -0.457 e. The van der Waals surface area contributed by atoms with Crippen LogP contribution in [0.5, 0.6) is 0 Å². The predicted molar refractivity (Wildman–Crippen MR) is 153 cm³/mol. The van der Waals surface area contributed by atoms with Gasteiger partial charge in [0.2, 0.25) is 5.91 Å². The number of benzene rings is 3. The van der Waals surface area contributed by atoms with Crippen LogP contribution < -0.4 is 16.0 Å². The summed E-state index contributed by atoms with van der Waals surface area (Å²) in [7, 11) is 0. The van der Waals surface area contributed by atoms with Crippen LogP contribution in [-0.4, -0.2) is 16.9 Å². The van der Waals surface area contributed by atoms with Gasteiger partial charge in [0.05, 0.1) is 0 Å². The van der Waals surface area contributed by atoms with Crippen molar-refractivity contribution < 1.29 is 14.0 Å². The van der Waals surface area contributed by atoms with E-state index >= 15 is 0 Å². The molecule has 3 aromatic carbocycles. The van der Waals surface area contributed by atoms with Crippen LogP contribution >= 0.6 is 47.0 Å². The Labute approximate surface area is 233 Å². The molecule has 1 heterocycles. The third kappa shape index (κ3) is 7.68. The summed E-state index contributed by atoms with van der Waals surface area (Å²) in [4.78, 5) is 24.6. The van der Waals surface area contributed by atoms with Crippen LogP contribution in [0.3, 0.4) is 0 Å². The van der Waals surface area contributed by atoms with Crippen molar-refractivity contribution in [2.45, 2.75) is 0 Å². The molecule has 10 heteroatoms. The zero-order valence-electron chi connectivity index (χ0n) is 18.9. The van der Waals surface area contributed by atoms with Crippen molar-refractivity contribution in [2.24, 2.45) is 0 Å². The van der Waals surface area contributed by atoms with Gasteiger partial charge in [-0.3, -0.25) is 14.9 Å². The number of furan rings is 1. The van der Waals surface area contributed by atoms with Crippen molar-refractivity contribution in [1.29, 1.82) is 0 Å². The van der Waals surface area contributed by atoms with Gasteiger partial charge in [0.1, 0.15) is 11.5 Å². The number of rotatable bonds is 6. The summed E-state index contributed by atoms with van der Waals surface area (Å²) in [5.74, 6) is 0.314. The maximum atomic E-state index is 12.3.